The SMILES string of the molecule is COc1ccc(-n2c(C)ccc2[C@@H]2[C@@H](c3ccccn3)NC(=S)N2c2ccccc2OC)cc1. The Bertz CT molecular complexity index is 1300. The molecular weight excluding hydrogens is 444 g/mol. The molecule has 0 bridgehead atoms. The first-order valence-electron chi connectivity index (χ1n) is 11.1. The molecule has 1 aliphatic rings. The quantitative estimate of drug-likeness (QED) is 0.382. The molecule has 2 aromatic carbocycles. The standard InChI is InChI=1S/C27H26N4O2S/c1-18-11-16-23(30(18)19-12-14-20(32-2)15-13-19)26-25(21-8-6-7-17-28-21)29-27(34)31(26)22-9-4-5-10-24(22)33-3/h4-17,25-26H,1-3H3,(H,29,34)/t25-,26-/m1/s1. The van der Waals surface area contributed by atoms with Gasteiger partial charge in [-0.2, -0.15) is 0 Å². The molecule has 1 aliphatic heterocycles. The summed E-state index contributed by atoms with van der Waals surface area (Å²) in [7, 11) is 3.36. The molecule has 0 amide bonds. The molecule has 0 saturated carbocycles. The van der Waals surface area contributed by atoms with E-state index in [1.165, 1.54) is 0 Å². The van der Waals surface area contributed by atoms with E-state index in [2.05, 4.69) is 51.0 Å². The lowest BCUT2D eigenvalue weighted by Crippen LogP contribution is -2.30. The summed E-state index contributed by atoms with van der Waals surface area (Å²) in [5, 5.41) is 4.16. The maximum atomic E-state index is 5.89. The van der Waals surface area contributed by atoms with Crippen molar-refractivity contribution < 1.29 is 9.47 Å². The van der Waals surface area contributed by atoms with Crippen molar-refractivity contribution in [3.05, 3.63) is 102 Å². The number of aromatic nitrogens is 2. The van der Waals surface area contributed by atoms with Crippen LogP contribution in [-0.4, -0.2) is 28.9 Å². The summed E-state index contributed by atoms with van der Waals surface area (Å²) >= 11 is 5.89. The number of methoxy groups -OCH3 is 2. The Balaban J connectivity index is 1.70. The highest BCUT2D eigenvalue weighted by atomic mass is 32.1. The first kappa shape index (κ1) is 22.0. The molecule has 3 heterocycles. The average molecular weight is 471 g/mol. The van der Waals surface area contributed by atoms with Gasteiger partial charge in [-0.15, -0.1) is 0 Å². The number of hydrogen-bond donors (Lipinski definition) is 1. The molecule has 4 aromatic rings. The maximum absolute atomic E-state index is 5.89. The Morgan fingerprint density at radius 3 is 2.35 bits per heavy atom. The highest BCUT2D eigenvalue weighted by Gasteiger charge is 2.43. The minimum atomic E-state index is -0.158. The van der Waals surface area contributed by atoms with E-state index in [0.717, 1.165) is 40.0 Å². The van der Waals surface area contributed by atoms with Gasteiger partial charge in [0, 0.05) is 23.3 Å². The Morgan fingerprint density at radius 2 is 1.65 bits per heavy atom. The number of thiocarbonyl (C=S) groups is 1. The number of hydrogen-bond acceptors (Lipinski definition) is 4. The summed E-state index contributed by atoms with van der Waals surface area (Å²) in [5.41, 5.74) is 5.10. The third-order valence-corrected chi connectivity index (χ3v) is 6.50. The van der Waals surface area contributed by atoms with Crippen LogP contribution in [0.25, 0.3) is 5.69 Å². The zero-order valence-electron chi connectivity index (χ0n) is 19.3. The van der Waals surface area contributed by atoms with Crippen LogP contribution in [0.15, 0.2) is 85.1 Å². The second-order valence-corrected chi connectivity index (χ2v) is 8.49. The largest absolute Gasteiger partial charge is 0.497 e. The van der Waals surface area contributed by atoms with Gasteiger partial charge in [0.2, 0.25) is 0 Å². The van der Waals surface area contributed by atoms with Crippen LogP contribution in [0.4, 0.5) is 5.69 Å². The van der Waals surface area contributed by atoms with E-state index in [1.807, 2.05) is 60.8 Å². The summed E-state index contributed by atoms with van der Waals surface area (Å²) < 4.78 is 13.3. The minimum absolute atomic E-state index is 0.148. The Labute approximate surface area is 204 Å². The van der Waals surface area contributed by atoms with Gasteiger partial charge < -0.3 is 24.3 Å². The minimum Gasteiger partial charge on any atom is -0.497 e. The number of nitrogens with zero attached hydrogens (tertiary/aromatic N) is 3. The number of ether oxygens (including phenoxy) is 2. The third kappa shape index (κ3) is 3.78. The number of nitrogens with one attached hydrogen (secondary N) is 1. The van der Waals surface area contributed by atoms with E-state index in [4.69, 9.17) is 21.7 Å². The van der Waals surface area contributed by atoms with Gasteiger partial charge in [0.15, 0.2) is 5.11 Å². The Kier molecular flexibility index (Phi) is 5.94. The zero-order chi connectivity index (χ0) is 23.7. The first-order chi connectivity index (χ1) is 16.6. The molecule has 2 aromatic heterocycles. The van der Waals surface area contributed by atoms with Crippen molar-refractivity contribution in [1.29, 1.82) is 0 Å². The maximum Gasteiger partial charge on any atom is 0.174 e. The van der Waals surface area contributed by atoms with E-state index in [1.54, 1.807) is 14.2 Å². The number of anilines is 1. The normalized spacial score (nSPS) is 17.5. The van der Waals surface area contributed by atoms with E-state index in [-0.39, 0.29) is 12.1 Å². The number of rotatable bonds is 6. The molecule has 1 N–H and O–H groups in total. The number of aryl methyl sites for hydroxylation is 1. The third-order valence-electron chi connectivity index (χ3n) is 6.18. The lowest BCUT2D eigenvalue weighted by atomic mass is 10.0. The van der Waals surface area contributed by atoms with Crippen LogP contribution in [0.3, 0.4) is 0 Å². The summed E-state index contributed by atoms with van der Waals surface area (Å²) in [6.07, 6.45) is 1.82. The molecule has 1 fully saturated rings. The molecule has 0 aliphatic carbocycles. The molecule has 7 heteroatoms. The monoisotopic (exact) mass is 470 g/mol. The van der Waals surface area contributed by atoms with Gasteiger partial charge in [-0.1, -0.05) is 18.2 Å². The van der Waals surface area contributed by atoms with Crippen molar-refractivity contribution in [2.45, 2.75) is 19.0 Å². The van der Waals surface area contributed by atoms with E-state index in [0.29, 0.717) is 5.11 Å². The highest BCUT2D eigenvalue weighted by Crippen LogP contribution is 2.45. The van der Waals surface area contributed by atoms with Crippen LogP contribution in [0.2, 0.25) is 0 Å². The van der Waals surface area contributed by atoms with Gasteiger partial charge in [0.05, 0.1) is 31.6 Å². The van der Waals surface area contributed by atoms with Gasteiger partial charge in [-0.05, 0) is 79.8 Å². The predicted molar refractivity (Wildman–Crippen MR) is 138 cm³/mol. The number of pyridine rings is 1. The van der Waals surface area contributed by atoms with Gasteiger partial charge in [-0.3, -0.25) is 4.98 Å². The first-order valence-corrected chi connectivity index (χ1v) is 11.5. The number of benzene rings is 2. The molecule has 34 heavy (non-hydrogen) atoms. The fourth-order valence-electron chi connectivity index (χ4n) is 4.62. The summed E-state index contributed by atoms with van der Waals surface area (Å²) in [6.45, 7) is 2.11. The Hall–Kier alpha value is -3.84. The highest BCUT2D eigenvalue weighted by molar-refractivity contribution is 7.80. The van der Waals surface area contributed by atoms with Crippen LogP contribution in [0.1, 0.15) is 29.2 Å². The fraction of sp³-hybridized carbons (Fsp3) is 0.185. The summed E-state index contributed by atoms with van der Waals surface area (Å²) in [4.78, 5) is 6.81. The summed E-state index contributed by atoms with van der Waals surface area (Å²) in [6, 6.07) is 26.0. The van der Waals surface area contributed by atoms with Gasteiger partial charge in [0.25, 0.3) is 0 Å². The molecule has 6 nitrogen and oxygen atoms in total. The second kappa shape index (κ2) is 9.19. The van der Waals surface area contributed by atoms with Crippen molar-refractivity contribution in [2.24, 2.45) is 0 Å². The van der Waals surface area contributed by atoms with Crippen LogP contribution < -0.4 is 19.7 Å². The molecule has 2 atom stereocenters. The molecule has 172 valence electrons. The van der Waals surface area contributed by atoms with E-state index >= 15 is 0 Å². The van der Waals surface area contributed by atoms with Crippen molar-refractivity contribution in [2.75, 3.05) is 19.1 Å². The number of para-hydroxylation sites is 2. The van der Waals surface area contributed by atoms with Crippen molar-refractivity contribution in [3.8, 4) is 17.2 Å². The van der Waals surface area contributed by atoms with Gasteiger partial charge in [-0.25, -0.2) is 0 Å². The summed E-state index contributed by atoms with van der Waals surface area (Å²) in [5.74, 6) is 1.58. The smallest absolute Gasteiger partial charge is 0.174 e. The van der Waals surface area contributed by atoms with E-state index < -0.39 is 0 Å². The van der Waals surface area contributed by atoms with Crippen molar-refractivity contribution in [3.63, 3.8) is 0 Å². The molecule has 0 radical (unpaired) electrons. The van der Waals surface area contributed by atoms with Crippen LogP contribution in [0, 0.1) is 6.92 Å². The topological polar surface area (TPSA) is 51.5 Å². The molecule has 5 rings (SSSR count). The van der Waals surface area contributed by atoms with Crippen LogP contribution >= 0.6 is 12.2 Å². The predicted octanol–water partition coefficient (Wildman–Crippen LogP) is 5.38. The second-order valence-electron chi connectivity index (χ2n) is 8.10. The molecular formula is C27H26N4O2S. The average Bonchev–Trinajstić information content (AvgIpc) is 3.43. The zero-order valence-corrected chi connectivity index (χ0v) is 20.1. The van der Waals surface area contributed by atoms with Crippen molar-refractivity contribution in [1.82, 2.24) is 14.9 Å². The Morgan fingerprint density at radius 1 is 0.882 bits per heavy atom. The van der Waals surface area contributed by atoms with Crippen molar-refractivity contribution >= 4 is 23.0 Å². The molecule has 0 unspecified atom stereocenters. The lowest BCUT2D eigenvalue weighted by molar-refractivity contribution is 0.414. The van der Waals surface area contributed by atoms with E-state index in [9.17, 15) is 0 Å². The molecule has 1 saturated heterocycles. The van der Waals surface area contributed by atoms with Crippen LogP contribution in [0.5, 0.6) is 11.5 Å². The fourth-order valence-corrected chi connectivity index (χ4v) is 4.96. The lowest BCUT2D eigenvalue weighted by Gasteiger charge is -2.30. The van der Waals surface area contributed by atoms with Crippen LogP contribution in [-0.2, 0) is 0 Å². The van der Waals surface area contributed by atoms with Gasteiger partial charge in [0.1, 0.15) is 17.5 Å². The van der Waals surface area contributed by atoms with Gasteiger partial charge >= 0.3 is 0 Å². The molecule has 0 spiro atoms.